The fraction of sp³-hybridized carbons (Fsp3) is 1.00. The fourth-order valence-corrected chi connectivity index (χ4v) is 3.45. The third-order valence-electron chi connectivity index (χ3n) is 4.86. The third-order valence-corrected chi connectivity index (χ3v) is 4.86. The van der Waals surface area contributed by atoms with Crippen LogP contribution < -0.4 is 5.32 Å². The molecule has 0 aromatic carbocycles. The summed E-state index contributed by atoms with van der Waals surface area (Å²) in [6.07, 6.45) is 2.46. The minimum absolute atomic E-state index is 0.462. The summed E-state index contributed by atoms with van der Waals surface area (Å²) in [4.78, 5) is 5.29. The molecule has 0 aliphatic carbocycles. The van der Waals surface area contributed by atoms with Crippen LogP contribution in [0, 0.1) is 5.41 Å². The average Bonchev–Trinajstić information content (AvgIpc) is 2.40. The second-order valence-electron chi connectivity index (χ2n) is 6.68. The van der Waals surface area contributed by atoms with Crippen LogP contribution in [0.4, 0.5) is 0 Å². The summed E-state index contributed by atoms with van der Waals surface area (Å²) in [5, 5.41) is 3.57. The summed E-state index contributed by atoms with van der Waals surface area (Å²) < 4.78 is 5.13. The Morgan fingerprint density at radius 3 is 2.58 bits per heavy atom. The molecule has 1 unspecified atom stereocenters. The molecule has 1 atom stereocenters. The van der Waals surface area contributed by atoms with E-state index in [1.165, 1.54) is 45.7 Å². The van der Waals surface area contributed by atoms with Crippen LogP contribution in [0.5, 0.6) is 0 Å². The number of ether oxygens (including phenoxy) is 1. The third kappa shape index (κ3) is 4.15. The molecule has 0 bridgehead atoms. The predicted octanol–water partition coefficient (Wildman–Crippen LogP) is 1.03. The minimum Gasteiger partial charge on any atom is -0.385 e. The topological polar surface area (TPSA) is 27.7 Å². The molecule has 2 fully saturated rings. The average molecular weight is 269 g/mol. The summed E-state index contributed by atoms with van der Waals surface area (Å²) in [6.45, 7) is 14.2. The van der Waals surface area contributed by atoms with Crippen molar-refractivity contribution in [2.75, 3.05) is 59.5 Å². The number of hydrogen-bond donors (Lipinski definition) is 1. The van der Waals surface area contributed by atoms with Crippen LogP contribution in [0.1, 0.15) is 26.7 Å². The molecule has 0 aromatic heterocycles. The lowest BCUT2D eigenvalue weighted by atomic mass is 9.77. The van der Waals surface area contributed by atoms with Gasteiger partial charge >= 0.3 is 0 Å². The number of methoxy groups -OCH3 is 1. The zero-order chi connectivity index (χ0) is 13.7. The van der Waals surface area contributed by atoms with Crippen LogP contribution in [0.25, 0.3) is 0 Å². The second-order valence-corrected chi connectivity index (χ2v) is 6.68. The Labute approximate surface area is 118 Å². The molecule has 0 amide bonds. The van der Waals surface area contributed by atoms with Crippen LogP contribution in [0.15, 0.2) is 0 Å². The van der Waals surface area contributed by atoms with Gasteiger partial charge in [-0.15, -0.1) is 0 Å². The maximum atomic E-state index is 5.13. The first kappa shape index (κ1) is 15.2. The van der Waals surface area contributed by atoms with Gasteiger partial charge in [-0.3, -0.25) is 4.90 Å². The molecule has 0 spiro atoms. The normalized spacial score (nSPS) is 29.5. The summed E-state index contributed by atoms with van der Waals surface area (Å²) in [7, 11) is 1.79. The Hall–Kier alpha value is -0.160. The number of rotatable bonds is 5. The summed E-state index contributed by atoms with van der Waals surface area (Å²) in [6, 6.07) is 0.711. The van der Waals surface area contributed by atoms with Crippen LogP contribution >= 0.6 is 0 Å². The highest BCUT2D eigenvalue weighted by atomic mass is 16.5. The number of nitrogens with zero attached hydrogens (tertiary/aromatic N) is 2. The van der Waals surface area contributed by atoms with E-state index >= 15 is 0 Å². The highest BCUT2D eigenvalue weighted by molar-refractivity contribution is 4.93. The van der Waals surface area contributed by atoms with Gasteiger partial charge in [0, 0.05) is 59.0 Å². The lowest BCUT2D eigenvalue weighted by Gasteiger charge is -2.48. The highest BCUT2D eigenvalue weighted by Gasteiger charge is 2.37. The summed E-state index contributed by atoms with van der Waals surface area (Å²) >= 11 is 0. The van der Waals surface area contributed by atoms with Crippen molar-refractivity contribution in [2.24, 2.45) is 5.41 Å². The quantitative estimate of drug-likeness (QED) is 0.755. The van der Waals surface area contributed by atoms with Crippen LogP contribution in [0.2, 0.25) is 0 Å². The molecule has 2 heterocycles. The molecular formula is C15H31N3O. The first-order valence-electron chi connectivity index (χ1n) is 7.79. The smallest absolute Gasteiger partial charge is 0.0474 e. The van der Waals surface area contributed by atoms with Gasteiger partial charge in [0.05, 0.1) is 0 Å². The van der Waals surface area contributed by atoms with Gasteiger partial charge in [0.25, 0.3) is 0 Å². The van der Waals surface area contributed by atoms with E-state index in [1.807, 2.05) is 0 Å². The zero-order valence-corrected chi connectivity index (χ0v) is 13.0. The monoisotopic (exact) mass is 269 g/mol. The van der Waals surface area contributed by atoms with Crippen molar-refractivity contribution in [3.63, 3.8) is 0 Å². The lowest BCUT2D eigenvalue weighted by Crippen LogP contribution is -2.60. The Morgan fingerprint density at radius 1 is 1.21 bits per heavy atom. The molecular weight excluding hydrogens is 238 g/mol. The van der Waals surface area contributed by atoms with Gasteiger partial charge in [-0.2, -0.15) is 0 Å². The molecule has 0 radical (unpaired) electrons. The molecule has 4 nitrogen and oxygen atoms in total. The molecule has 4 heteroatoms. The molecule has 2 saturated heterocycles. The molecule has 0 saturated carbocycles. The second kappa shape index (κ2) is 7.02. The SMILES string of the molecule is COCCCN1CCN(C2CNCCC2(C)C)CC1. The maximum Gasteiger partial charge on any atom is 0.0474 e. The lowest BCUT2D eigenvalue weighted by molar-refractivity contribution is 0.0200. The van der Waals surface area contributed by atoms with Crippen LogP contribution in [-0.2, 0) is 4.74 Å². The number of nitrogens with one attached hydrogen (secondary N) is 1. The number of piperazine rings is 1. The van der Waals surface area contributed by atoms with Gasteiger partial charge in [0.15, 0.2) is 0 Å². The van der Waals surface area contributed by atoms with Gasteiger partial charge in [-0.1, -0.05) is 13.8 Å². The van der Waals surface area contributed by atoms with Crippen molar-refractivity contribution in [3.05, 3.63) is 0 Å². The molecule has 19 heavy (non-hydrogen) atoms. The van der Waals surface area contributed by atoms with Gasteiger partial charge in [0.2, 0.25) is 0 Å². The van der Waals surface area contributed by atoms with Crippen molar-refractivity contribution in [3.8, 4) is 0 Å². The number of hydrogen-bond acceptors (Lipinski definition) is 4. The summed E-state index contributed by atoms with van der Waals surface area (Å²) in [5.41, 5.74) is 0.462. The Kier molecular flexibility index (Phi) is 5.63. The van der Waals surface area contributed by atoms with Crippen molar-refractivity contribution >= 4 is 0 Å². The van der Waals surface area contributed by atoms with Gasteiger partial charge < -0.3 is 15.0 Å². The predicted molar refractivity (Wildman–Crippen MR) is 79.6 cm³/mol. The first-order chi connectivity index (χ1) is 9.13. The maximum absolute atomic E-state index is 5.13. The largest absolute Gasteiger partial charge is 0.385 e. The first-order valence-corrected chi connectivity index (χ1v) is 7.79. The van der Waals surface area contributed by atoms with Crippen LogP contribution in [0.3, 0.4) is 0 Å². The van der Waals surface area contributed by atoms with E-state index < -0.39 is 0 Å². The van der Waals surface area contributed by atoms with E-state index in [9.17, 15) is 0 Å². The Morgan fingerprint density at radius 2 is 1.95 bits per heavy atom. The summed E-state index contributed by atoms with van der Waals surface area (Å²) in [5.74, 6) is 0. The fourth-order valence-electron chi connectivity index (χ4n) is 3.45. The van der Waals surface area contributed by atoms with Crippen molar-refractivity contribution in [1.82, 2.24) is 15.1 Å². The van der Waals surface area contributed by atoms with E-state index in [4.69, 9.17) is 4.74 Å². The van der Waals surface area contributed by atoms with Gasteiger partial charge in [-0.25, -0.2) is 0 Å². The molecule has 2 aliphatic heterocycles. The standard InChI is InChI=1S/C15H31N3O/c1-15(2)5-6-16-13-14(15)18-10-8-17(9-11-18)7-4-12-19-3/h14,16H,4-13H2,1-3H3. The van der Waals surface area contributed by atoms with Crippen molar-refractivity contribution in [2.45, 2.75) is 32.7 Å². The van der Waals surface area contributed by atoms with Gasteiger partial charge in [-0.05, 0) is 24.8 Å². The van der Waals surface area contributed by atoms with E-state index in [0.29, 0.717) is 11.5 Å². The van der Waals surface area contributed by atoms with Crippen LogP contribution in [-0.4, -0.2) is 75.4 Å². The van der Waals surface area contributed by atoms with Crippen molar-refractivity contribution in [1.29, 1.82) is 0 Å². The van der Waals surface area contributed by atoms with E-state index in [-0.39, 0.29) is 0 Å². The van der Waals surface area contributed by atoms with Gasteiger partial charge in [0.1, 0.15) is 0 Å². The van der Waals surface area contributed by atoms with Crippen molar-refractivity contribution < 1.29 is 4.74 Å². The molecule has 2 rings (SSSR count). The molecule has 2 aliphatic rings. The van der Waals surface area contributed by atoms with E-state index in [0.717, 1.165) is 19.6 Å². The molecule has 112 valence electrons. The minimum atomic E-state index is 0.462. The van der Waals surface area contributed by atoms with E-state index in [2.05, 4.69) is 29.0 Å². The molecule has 1 N–H and O–H groups in total. The Balaban J connectivity index is 1.76. The van der Waals surface area contributed by atoms with E-state index in [1.54, 1.807) is 7.11 Å². The molecule has 0 aromatic rings. The zero-order valence-electron chi connectivity index (χ0n) is 13.0. The Bertz CT molecular complexity index is 262. The highest BCUT2D eigenvalue weighted by Crippen LogP contribution is 2.31. The number of piperidine rings is 1.